The largest absolute Gasteiger partial charge is 0.497 e. The highest BCUT2D eigenvalue weighted by Gasteiger charge is 2.26. The van der Waals surface area contributed by atoms with E-state index in [0.717, 1.165) is 23.7 Å². The van der Waals surface area contributed by atoms with Gasteiger partial charge in [-0.2, -0.15) is 0 Å². The first-order valence-electron chi connectivity index (χ1n) is 7.04. The third-order valence-electron chi connectivity index (χ3n) is 3.92. The predicted octanol–water partition coefficient (Wildman–Crippen LogP) is 3.62. The van der Waals surface area contributed by atoms with E-state index in [1.807, 2.05) is 12.1 Å². The van der Waals surface area contributed by atoms with Crippen LogP contribution >= 0.6 is 0 Å². The van der Waals surface area contributed by atoms with E-state index in [4.69, 9.17) is 10.5 Å². The van der Waals surface area contributed by atoms with Crippen LogP contribution in [0.15, 0.2) is 48.5 Å². The number of hydrogen-bond acceptors (Lipinski definition) is 3. The highest BCUT2D eigenvalue weighted by atomic mass is 16.5. The van der Waals surface area contributed by atoms with Gasteiger partial charge in [0.15, 0.2) is 0 Å². The minimum atomic E-state index is 0.433. The van der Waals surface area contributed by atoms with E-state index in [0.29, 0.717) is 6.04 Å². The smallest absolute Gasteiger partial charge is 0.122 e. The Kier molecular flexibility index (Phi) is 3.50. The van der Waals surface area contributed by atoms with Crippen molar-refractivity contribution < 1.29 is 4.74 Å². The standard InChI is InChI=1S/C17H20N2O/c1-20-16-11-14(18)10-15(12-16)19-9-5-8-17(19)13-6-3-2-4-7-13/h2-4,6-7,10-12,17H,5,8-9,18H2,1H3. The van der Waals surface area contributed by atoms with Crippen LogP contribution in [-0.2, 0) is 0 Å². The lowest BCUT2D eigenvalue weighted by molar-refractivity contribution is 0.415. The second kappa shape index (κ2) is 5.45. The number of nitrogens with two attached hydrogens (primary N) is 1. The first-order valence-corrected chi connectivity index (χ1v) is 7.04. The molecule has 0 amide bonds. The molecule has 3 nitrogen and oxygen atoms in total. The third kappa shape index (κ3) is 2.44. The molecule has 0 saturated carbocycles. The number of ether oxygens (including phenoxy) is 1. The van der Waals surface area contributed by atoms with Crippen LogP contribution in [0.25, 0.3) is 0 Å². The fourth-order valence-electron chi connectivity index (χ4n) is 2.99. The van der Waals surface area contributed by atoms with E-state index < -0.39 is 0 Å². The predicted molar refractivity (Wildman–Crippen MR) is 83.2 cm³/mol. The van der Waals surface area contributed by atoms with Gasteiger partial charge in [0.2, 0.25) is 0 Å². The molecular formula is C17H20N2O. The van der Waals surface area contributed by atoms with Gasteiger partial charge in [0.25, 0.3) is 0 Å². The van der Waals surface area contributed by atoms with Crippen molar-refractivity contribution in [3.63, 3.8) is 0 Å². The molecule has 3 rings (SSSR count). The summed E-state index contributed by atoms with van der Waals surface area (Å²) in [7, 11) is 1.68. The summed E-state index contributed by atoms with van der Waals surface area (Å²) in [4.78, 5) is 2.42. The summed E-state index contributed by atoms with van der Waals surface area (Å²) in [5.74, 6) is 0.818. The van der Waals surface area contributed by atoms with Crippen LogP contribution in [0.2, 0.25) is 0 Å². The third-order valence-corrected chi connectivity index (χ3v) is 3.92. The number of nitrogens with zero attached hydrogens (tertiary/aromatic N) is 1. The lowest BCUT2D eigenvalue weighted by atomic mass is 10.0. The quantitative estimate of drug-likeness (QED) is 0.864. The first kappa shape index (κ1) is 12.9. The monoisotopic (exact) mass is 268 g/mol. The van der Waals surface area contributed by atoms with E-state index in [9.17, 15) is 0 Å². The molecule has 1 saturated heterocycles. The van der Waals surface area contributed by atoms with Crippen LogP contribution in [0.1, 0.15) is 24.4 Å². The van der Waals surface area contributed by atoms with E-state index in [1.54, 1.807) is 7.11 Å². The van der Waals surface area contributed by atoms with Gasteiger partial charge < -0.3 is 15.4 Å². The summed E-state index contributed by atoms with van der Waals surface area (Å²) in [6.07, 6.45) is 2.39. The normalized spacial score (nSPS) is 18.2. The second-order valence-corrected chi connectivity index (χ2v) is 5.23. The van der Waals surface area contributed by atoms with Crippen LogP contribution in [0.5, 0.6) is 5.75 Å². The van der Waals surface area contributed by atoms with Gasteiger partial charge in [0.05, 0.1) is 13.2 Å². The molecule has 0 aromatic heterocycles. The topological polar surface area (TPSA) is 38.5 Å². The number of benzene rings is 2. The Hall–Kier alpha value is -2.16. The second-order valence-electron chi connectivity index (χ2n) is 5.23. The van der Waals surface area contributed by atoms with Gasteiger partial charge >= 0.3 is 0 Å². The molecule has 1 aliphatic rings. The average Bonchev–Trinajstić information content (AvgIpc) is 2.97. The number of anilines is 2. The van der Waals surface area contributed by atoms with Crippen LogP contribution in [0, 0.1) is 0 Å². The molecule has 2 aromatic carbocycles. The van der Waals surface area contributed by atoms with Gasteiger partial charge in [0, 0.05) is 30.1 Å². The molecule has 104 valence electrons. The Morgan fingerprint density at radius 1 is 1.15 bits per heavy atom. The van der Waals surface area contributed by atoms with Gasteiger partial charge in [0.1, 0.15) is 5.75 Å². The van der Waals surface area contributed by atoms with Gasteiger partial charge in [-0.3, -0.25) is 0 Å². The van der Waals surface area contributed by atoms with Crippen molar-refractivity contribution in [3.8, 4) is 5.75 Å². The molecule has 0 bridgehead atoms. The maximum atomic E-state index is 5.98. The Morgan fingerprint density at radius 3 is 2.70 bits per heavy atom. The van der Waals surface area contributed by atoms with Crippen molar-refractivity contribution in [1.82, 2.24) is 0 Å². The maximum Gasteiger partial charge on any atom is 0.122 e. The zero-order valence-electron chi connectivity index (χ0n) is 11.8. The minimum Gasteiger partial charge on any atom is -0.497 e. The van der Waals surface area contributed by atoms with Crippen molar-refractivity contribution >= 4 is 11.4 Å². The average molecular weight is 268 g/mol. The highest BCUT2D eigenvalue weighted by Crippen LogP contribution is 2.38. The summed E-state index contributed by atoms with van der Waals surface area (Å²) in [6.45, 7) is 1.06. The number of rotatable bonds is 3. The van der Waals surface area contributed by atoms with E-state index in [1.165, 1.54) is 18.4 Å². The van der Waals surface area contributed by atoms with Crippen molar-refractivity contribution in [3.05, 3.63) is 54.1 Å². The van der Waals surface area contributed by atoms with Crippen LogP contribution in [-0.4, -0.2) is 13.7 Å². The van der Waals surface area contributed by atoms with Crippen molar-refractivity contribution in [2.75, 3.05) is 24.3 Å². The Labute approximate surface area is 120 Å². The number of nitrogen functional groups attached to an aromatic ring is 1. The van der Waals surface area contributed by atoms with Crippen molar-refractivity contribution in [2.45, 2.75) is 18.9 Å². The summed E-state index contributed by atoms with van der Waals surface area (Å²) >= 11 is 0. The SMILES string of the molecule is COc1cc(N)cc(N2CCCC2c2ccccc2)c1. The molecule has 3 heteroatoms. The van der Waals surface area contributed by atoms with E-state index >= 15 is 0 Å². The van der Waals surface area contributed by atoms with E-state index in [2.05, 4.69) is 41.3 Å². The zero-order chi connectivity index (χ0) is 13.9. The number of methoxy groups -OCH3 is 1. The fraction of sp³-hybridized carbons (Fsp3) is 0.294. The molecule has 2 N–H and O–H groups in total. The molecule has 1 unspecified atom stereocenters. The Bertz CT molecular complexity index is 583. The number of hydrogen-bond donors (Lipinski definition) is 1. The van der Waals surface area contributed by atoms with Gasteiger partial charge in [-0.15, -0.1) is 0 Å². The minimum absolute atomic E-state index is 0.433. The van der Waals surface area contributed by atoms with Gasteiger partial charge in [-0.05, 0) is 24.5 Å². The molecule has 2 aromatic rings. The molecule has 1 atom stereocenters. The molecule has 1 fully saturated rings. The zero-order valence-corrected chi connectivity index (χ0v) is 11.8. The van der Waals surface area contributed by atoms with Crippen molar-refractivity contribution in [2.24, 2.45) is 0 Å². The molecule has 1 heterocycles. The molecular weight excluding hydrogens is 248 g/mol. The van der Waals surface area contributed by atoms with Gasteiger partial charge in [-0.1, -0.05) is 30.3 Å². The molecule has 0 radical (unpaired) electrons. The van der Waals surface area contributed by atoms with Crippen LogP contribution < -0.4 is 15.4 Å². The molecule has 20 heavy (non-hydrogen) atoms. The molecule has 1 aliphatic heterocycles. The Morgan fingerprint density at radius 2 is 1.95 bits per heavy atom. The fourth-order valence-corrected chi connectivity index (χ4v) is 2.99. The lowest BCUT2D eigenvalue weighted by Gasteiger charge is -2.27. The summed E-state index contributed by atoms with van der Waals surface area (Å²) in [5, 5.41) is 0. The highest BCUT2D eigenvalue weighted by molar-refractivity contribution is 5.62. The van der Waals surface area contributed by atoms with Crippen LogP contribution in [0.3, 0.4) is 0 Å². The lowest BCUT2D eigenvalue weighted by Crippen LogP contribution is -2.22. The Balaban J connectivity index is 1.94. The van der Waals surface area contributed by atoms with Crippen molar-refractivity contribution in [1.29, 1.82) is 0 Å². The summed E-state index contributed by atoms with van der Waals surface area (Å²) < 4.78 is 5.33. The first-order chi connectivity index (χ1) is 9.78. The molecule has 0 aliphatic carbocycles. The molecule has 0 spiro atoms. The maximum absolute atomic E-state index is 5.98. The summed E-state index contributed by atoms with van der Waals surface area (Å²) in [5.41, 5.74) is 9.24. The van der Waals surface area contributed by atoms with Gasteiger partial charge in [-0.25, -0.2) is 0 Å². The van der Waals surface area contributed by atoms with E-state index in [-0.39, 0.29) is 0 Å². The van der Waals surface area contributed by atoms with Crippen LogP contribution in [0.4, 0.5) is 11.4 Å². The summed E-state index contributed by atoms with van der Waals surface area (Å²) in [6, 6.07) is 17.1.